The van der Waals surface area contributed by atoms with E-state index in [0.29, 0.717) is 6.29 Å². The lowest BCUT2D eigenvalue weighted by Gasteiger charge is -1.96. The molecule has 0 saturated carbocycles. The maximum absolute atomic E-state index is 10.2. The molecule has 0 heterocycles. The quantitative estimate of drug-likeness (QED) is 0.478. The molecule has 0 rings (SSSR count). The molecule has 0 aliphatic carbocycles. The molecule has 0 aromatic heterocycles. The molecule has 45 valence electrons. The van der Waals surface area contributed by atoms with Gasteiger partial charge in [0.15, 0.2) is 0 Å². The molecule has 3 heteroatoms. The zero-order valence-corrected chi connectivity index (χ0v) is 4.68. The van der Waals surface area contributed by atoms with Crippen molar-refractivity contribution in [2.45, 2.75) is 19.4 Å². The maximum atomic E-state index is 10.2. The van der Waals surface area contributed by atoms with Gasteiger partial charge in [0.2, 0.25) is 0 Å². The minimum absolute atomic E-state index is 0.0231. The van der Waals surface area contributed by atoms with Gasteiger partial charge in [-0.2, -0.15) is 0 Å². The summed E-state index contributed by atoms with van der Waals surface area (Å²) in [6, 6.07) is -0.840. The highest BCUT2D eigenvalue weighted by molar-refractivity contribution is 5.83. The van der Waals surface area contributed by atoms with E-state index in [9.17, 15) is 9.59 Å². The average molecular weight is 114 g/mol. The molecule has 0 saturated heterocycles. The smallest absolute Gasteiger partial charge is 0.148 e. The third-order valence-corrected chi connectivity index (χ3v) is 0.823. The summed E-state index contributed by atoms with van der Waals surface area (Å²) in [5.41, 5.74) is 6.85. The highest BCUT2D eigenvalue weighted by atomic mass is 16.1. The van der Waals surface area contributed by atoms with Gasteiger partial charge in [-0.25, -0.2) is 5.73 Å². The zero-order chi connectivity index (χ0) is 6.57. The Bertz CT molecular complexity index is 101. The van der Waals surface area contributed by atoms with Crippen molar-refractivity contribution >= 4 is 12.1 Å². The van der Waals surface area contributed by atoms with Crippen LogP contribution in [0.15, 0.2) is 0 Å². The highest BCUT2D eigenvalue weighted by Crippen LogP contribution is 1.85. The summed E-state index contributed by atoms with van der Waals surface area (Å²) in [5.74, 6) is -0.253. The van der Waals surface area contributed by atoms with Crippen molar-refractivity contribution < 1.29 is 9.59 Å². The SMILES string of the molecule is CC(=O)[C@@H]([NH])CC=O. The van der Waals surface area contributed by atoms with E-state index in [1.165, 1.54) is 6.92 Å². The number of carbonyl (C=O) groups excluding carboxylic acids is 2. The molecule has 0 unspecified atom stereocenters. The monoisotopic (exact) mass is 114 g/mol. The van der Waals surface area contributed by atoms with Gasteiger partial charge in [-0.15, -0.1) is 0 Å². The Labute approximate surface area is 47.9 Å². The second-order valence-corrected chi connectivity index (χ2v) is 1.57. The Morgan fingerprint density at radius 3 is 2.50 bits per heavy atom. The van der Waals surface area contributed by atoms with Crippen LogP contribution in [-0.2, 0) is 9.59 Å². The van der Waals surface area contributed by atoms with Gasteiger partial charge in [-0.05, 0) is 6.92 Å². The summed E-state index contributed by atoms with van der Waals surface area (Å²) in [4.78, 5) is 19.8. The number of aldehydes is 1. The molecule has 1 N–H and O–H groups in total. The first-order valence-corrected chi connectivity index (χ1v) is 2.33. The first-order valence-electron chi connectivity index (χ1n) is 2.33. The van der Waals surface area contributed by atoms with Crippen LogP contribution < -0.4 is 5.73 Å². The summed E-state index contributed by atoms with van der Waals surface area (Å²) in [5, 5.41) is 0. The first kappa shape index (κ1) is 7.30. The van der Waals surface area contributed by atoms with E-state index in [1.807, 2.05) is 0 Å². The molecule has 0 aromatic rings. The Kier molecular flexibility index (Phi) is 3.03. The van der Waals surface area contributed by atoms with Crippen LogP contribution in [0, 0.1) is 0 Å². The summed E-state index contributed by atoms with van der Waals surface area (Å²) >= 11 is 0. The van der Waals surface area contributed by atoms with Crippen molar-refractivity contribution in [3.63, 3.8) is 0 Å². The molecule has 8 heavy (non-hydrogen) atoms. The molecule has 1 radical (unpaired) electrons. The van der Waals surface area contributed by atoms with E-state index in [0.717, 1.165) is 0 Å². The van der Waals surface area contributed by atoms with Crippen molar-refractivity contribution in [1.82, 2.24) is 5.73 Å². The maximum Gasteiger partial charge on any atom is 0.148 e. The van der Waals surface area contributed by atoms with Gasteiger partial charge < -0.3 is 4.79 Å². The number of Topliss-reactive ketones (excluding diaryl/α,β-unsaturated/α-hetero) is 1. The van der Waals surface area contributed by atoms with Gasteiger partial charge in [0.05, 0.1) is 6.04 Å². The Morgan fingerprint density at radius 2 is 2.38 bits per heavy atom. The van der Waals surface area contributed by atoms with E-state index in [4.69, 9.17) is 5.73 Å². The predicted octanol–water partition coefficient (Wildman–Crippen LogP) is -0.184. The molecule has 0 fully saturated rings. The van der Waals surface area contributed by atoms with Crippen LogP contribution in [0.25, 0.3) is 0 Å². The van der Waals surface area contributed by atoms with E-state index in [2.05, 4.69) is 0 Å². The fourth-order valence-corrected chi connectivity index (χ4v) is 0.262. The van der Waals surface area contributed by atoms with Crippen LogP contribution in [0.3, 0.4) is 0 Å². The lowest BCUT2D eigenvalue weighted by Crippen LogP contribution is -2.18. The van der Waals surface area contributed by atoms with E-state index in [-0.39, 0.29) is 12.2 Å². The normalized spacial score (nSPS) is 12.8. The largest absolute Gasteiger partial charge is 0.303 e. The molecule has 0 amide bonds. The summed E-state index contributed by atoms with van der Waals surface area (Å²) in [7, 11) is 0. The van der Waals surface area contributed by atoms with Crippen molar-refractivity contribution in [1.29, 1.82) is 0 Å². The molecular formula is C5H8NO2. The fourth-order valence-electron chi connectivity index (χ4n) is 0.262. The van der Waals surface area contributed by atoms with Crippen molar-refractivity contribution in [3.8, 4) is 0 Å². The number of ketones is 1. The minimum atomic E-state index is -0.840. The zero-order valence-electron chi connectivity index (χ0n) is 4.68. The van der Waals surface area contributed by atoms with Gasteiger partial charge in [-0.3, -0.25) is 4.79 Å². The Hall–Kier alpha value is -0.700. The third-order valence-electron chi connectivity index (χ3n) is 0.823. The van der Waals surface area contributed by atoms with Crippen LogP contribution in [0.2, 0.25) is 0 Å². The fraction of sp³-hybridized carbons (Fsp3) is 0.600. The molecular weight excluding hydrogens is 106 g/mol. The van der Waals surface area contributed by atoms with Crippen LogP contribution in [-0.4, -0.2) is 18.1 Å². The molecule has 1 atom stereocenters. The standard InChI is InChI=1S/C5H8NO2/c1-4(8)5(6)2-3-7/h3,5-6H,2H2,1H3/t5-/m0/s1. The summed E-state index contributed by atoms with van der Waals surface area (Å²) in [6.07, 6.45) is 0.606. The number of rotatable bonds is 3. The third kappa shape index (κ3) is 2.47. The summed E-state index contributed by atoms with van der Waals surface area (Å²) in [6.45, 7) is 1.31. The van der Waals surface area contributed by atoms with Gasteiger partial charge in [0.1, 0.15) is 12.1 Å². The lowest BCUT2D eigenvalue weighted by atomic mass is 10.2. The van der Waals surface area contributed by atoms with Crippen molar-refractivity contribution in [2.24, 2.45) is 0 Å². The van der Waals surface area contributed by atoms with Crippen LogP contribution in [0.4, 0.5) is 0 Å². The van der Waals surface area contributed by atoms with E-state index in [1.54, 1.807) is 0 Å². The molecule has 0 spiro atoms. The van der Waals surface area contributed by atoms with Gasteiger partial charge in [0, 0.05) is 6.42 Å². The van der Waals surface area contributed by atoms with E-state index < -0.39 is 6.04 Å². The van der Waals surface area contributed by atoms with Gasteiger partial charge in [0.25, 0.3) is 0 Å². The highest BCUT2D eigenvalue weighted by Gasteiger charge is 2.05. The first-order chi connectivity index (χ1) is 3.68. The molecule has 0 aromatic carbocycles. The van der Waals surface area contributed by atoms with Crippen LogP contribution in [0.1, 0.15) is 13.3 Å². The van der Waals surface area contributed by atoms with Crippen molar-refractivity contribution in [3.05, 3.63) is 0 Å². The predicted molar refractivity (Wildman–Crippen MR) is 28.2 cm³/mol. The average Bonchev–Trinajstić information content (AvgIpc) is 1.67. The minimum Gasteiger partial charge on any atom is -0.303 e. The summed E-state index contributed by atoms with van der Waals surface area (Å²) < 4.78 is 0. The second kappa shape index (κ2) is 3.32. The second-order valence-electron chi connectivity index (χ2n) is 1.57. The molecule has 3 nitrogen and oxygen atoms in total. The van der Waals surface area contributed by atoms with Crippen molar-refractivity contribution in [2.75, 3.05) is 0 Å². The van der Waals surface area contributed by atoms with Gasteiger partial charge in [-0.1, -0.05) is 0 Å². The Balaban J connectivity index is 3.46. The number of hydrogen-bond acceptors (Lipinski definition) is 2. The van der Waals surface area contributed by atoms with Crippen LogP contribution >= 0.6 is 0 Å². The van der Waals surface area contributed by atoms with Gasteiger partial charge >= 0.3 is 0 Å². The lowest BCUT2D eigenvalue weighted by molar-refractivity contribution is -0.120. The number of nitrogens with one attached hydrogen (secondary N) is 1. The molecule has 0 bridgehead atoms. The molecule has 0 aliphatic heterocycles. The number of carbonyl (C=O) groups is 2. The van der Waals surface area contributed by atoms with E-state index >= 15 is 0 Å². The number of hydrogen-bond donors (Lipinski definition) is 0. The molecule has 0 aliphatic rings. The van der Waals surface area contributed by atoms with Crippen LogP contribution in [0.5, 0.6) is 0 Å². The topological polar surface area (TPSA) is 57.9 Å². The Morgan fingerprint density at radius 1 is 1.88 bits per heavy atom.